The van der Waals surface area contributed by atoms with E-state index in [1.165, 1.54) is 31.7 Å². The highest BCUT2D eigenvalue weighted by atomic mass is 32.1. The molecular weight excluding hydrogens is 338 g/mol. The maximum atomic E-state index is 5.05. The highest BCUT2D eigenvalue weighted by molar-refractivity contribution is 7.21. The van der Waals surface area contributed by atoms with Crippen molar-refractivity contribution in [1.29, 1.82) is 0 Å². The number of aromatic nitrogens is 1. The first-order chi connectivity index (χ1) is 12.5. The molecule has 0 unspecified atom stereocenters. The van der Waals surface area contributed by atoms with Crippen LogP contribution in [0.4, 0.5) is 5.69 Å². The van der Waals surface area contributed by atoms with Gasteiger partial charge in [0, 0.05) is 30.9 Å². The smallest absolute Gasteiger partial charge is 0.201 e. The van der Waals surface area contributed by atoms with Crippen LogP contribution in [0.1, 0.15) is 38.8 Å². The maximum absolute atomic E-state index is 5.05. The van der Waals surface area contributed by atoms with Gasteiger partial charge in [-0.3, -0.25) is 0 Å². The number of fused-ring (bicyclic) bond motifs is 2. The summed E-state index contributed by atoms with van der Waals surface area (Å²) in [5.74, 6) is 0. The fourth-order valence-electron chi connectivity index (χ4n) is 3.67. The average molecular weight is 369 g/mol. The summed E-state index contributed by atoms with van der Waals surface area (Å²) < 4.78 is 3.68. The molecule has 0 radical (unpaired) electrons. The van der Waals surface area contributed by atoms with Crippen LogP contribution in [0.25, 0.3) is 20.8 Å². The number of aryl methyl sites for hydroxylation is 2. The minimum absolute atomic E-state index is 1.03. The Balaban J connectivity index is 2.32. The second kappa shape index (κ2) is 7.75. The summed E-state index contributed by atoms with van der Waals surface area (Å²) in [7, 11) is 0. The quantitative estimate of drug-likeness (QED) is 0.481. The van der Waals surface area contributed by atoms with Gasteiger partial charge in [-0.1, -0.05) is 0 Å². The number of rotatable bonds is 5. The first-order valence-electron chi connectivity index (χ1n) is 9.71. The van der Waals surface area contributed by atoms with E-state index >= 15 is 0 Å². The van der Waals surface area contributed by atoms with Crippen LogP contribution in [-0.4, -0.2) is 31.2 Å². The number of hydrogen-bond acceptors (Lipinski definition) is 3. The van der Waals surface area contributed by atoms with Crippen LogP contribution < -0.4 is 14.8 Å². The highest BCUT2D eigenvalue weighted by Crippen LogP contribution is 2.35. The predicted octanol–water partition coefficient (Wildman–Crippen LogP) is 4.68. The highest BCUT2D eigenvalue weighted by Gasteiger charge is 2.15. The molecule has 0 amide bonds. The molecule has 4 heteroatoms. The van der Waals surface area contributed by atoms with Gasteiger partial charge >= 0.3 is 0 Å². The van der Waals surface area contributed by atoms with E-state index < -0.39 is 0 Å². The third-order valence-electron chi connectivity index (χ3n) is 5.20. The normalized spacial score (nSPS) is 11.3. The van der Waals surface area contributed by atoms with Gasteiger partial charge < -0.3 is 4.90 Å². The molecule has 26 heavy (non-hydrogen) atoms. The lowest BCUT2D eigenvalue weighted by Crippen LogP contribution is -2.29. The van der Waals surface area contributed by atoms with Gasteiger partial charge in [0.25, 0.3) is 0 Å². The van der Waals surface area contributed by atoms with Crippen molar-refractivity contribution in [2.75, 3.05) is 31.1 Å². The zero-order valence-electron chi connectivity index (χ0n) is 16.9. The van der Waals surface area contributed by atoms with E-state index in [0.29, 0.717) is 0 Å². The van der Waals surface area contributed by atoms with Gasteiger partial charge in [0.05, 0.1) is 20.8 Å². The second-order valence-electron chi connectivity index (χ2n) is 6.78. The Kier molecular flexibility index (Phi) is 5.61. The zero-order chi connectivity index (χ0) is 18.8. The van der Waals surface area contributed by atoms with E-state index in [1.807, 2.05) is 11.3 Å². The maximum Gasteiger partial charge on any atom is 0.201 e. The van der Waals surface area contributed by atoms with Gasteiger partial charge in [-0.15, -0.1) is 11.3 Å². The standard InChI is InChI=1S/C22H30N3S/c1-7-24(8-2)17-11-15(5)21-19(13-17)26-20-14-18(25(9-3)10-4)12-16(6)22(20)23-21/h11-14H,7-10H2,1-6H3/q+1. The van der Waals surface area contributed by atoms with Crippen molar-refractivity contribution < 1.29 is 0 Å². The predicted molar refractivity (Wildman–Crippen MR) is 116 cm³/mol. The Morgan fingerprint density at radius 2 is 1.62 bits per heavy atom. The third-order valence-corrected chi connectivity index (χ3v) is 6.26. The van der Waals surface area contributed by atoms with Crippen LogP contribution in [0, 0.1) is 13.8 Å². The van der Waals surface area contributed by atoms with Crippen molar-refractivity contribution in [3.05, 3.63) is 40.7 Å². The SMILES string of the molecule is CCN(CC)c1cc(C)c2nc3c(C)cc(=[N+](CC)CC)cc-3sc2c1. The molecule has 0 saturated heterocycles. The molecule has 0 atom stereocenters. The lowest BCUT2D eigenvalue weighted by molar-refractivity contribution is 0.626. The Morgan fingerprint density at radius 1 is 0.923 bits per heavy atom. The van der Waals surface area contributed by atoms with Crippen molar-refractivity contribution in [2.45, 2.75) is 41.5 Å². The molecule has 1 aliphatic heterocycles. The fourth-order valence-corrected chi connectivity index (χ4v) is 4.88. The molecule has 3 rings (SSSR count). The van der Waals surface area contributed by atoms with E-state index in [9.17, 15) is 0 Å². The molecule has 0 spiro atoms. The monoisotopic (exact) mass is 368 g/mol. The van der Waals surface area contributed by atoms with Crippen molar-refractivity contribution in [3.8, 4) is 10.6 Å². The molecule has 0 bridgehead atoms. The Hall–Kier alpha value is -1.94. The zero-order valence-corrected chi connectivity index (χ0v) is 17.7. The summed E-state index contributed by atoms with van der Waals surface area (Å²) in [6.45, 7) is 17.3. The van der Waals surface area contributed by atoms with Crippen LogP contribution >= 0.6 is 11.3 Å². The summed E-state index contributed by atoms with van der Waals surface area (Å²) in [6, 6.07) is 9.18. The molecule has 0 aromatic heterocycles. The molecule has 0 saturated carbocycles. The summed E-state index contributed by atoms with van der Waals surface area (Å²) >= 11 is 1.87. The van der Waals surface area contributed by atoms with Crippen LogP contribution in [0.3, 0.4) is 0 Å². The van der Waals surface area contributed by atoms with Gasteiger partial charge in [0.1, 0.15) is 13.1 Å². The fraction of sp³-hybridized carbons (Fsp3) is 0.455. The molecule has 2 aliphatic rings. The summed E-state index contributed by atoms with van der Waals surface area (Å²) in [5.41, 5.74) is 6.09. The molecule has 1 aromatic rings. The van der Waals surface area contributed by atoms with Crippen LogP contribution in [-0.2, 0) is 0 Å². The van der Waals surface area contributed by atoms with Crippen LogP contribution in [0.2, 0.25) is 0 Å². The van der Waals surface area contributed by atoms with Gasteiger partial charge in [0.15, 0.2) is 0 Å². The van der Waals surface area contributed by atoms with E-state index in [1.54, 1.807) is 0 Å². The van der Waals surface area contributed by atoms with E-state index in [-0.39, 0.29) is 0 Å². The molecular formula is C22H30N3S+. The molecule has 3 nitrogen and oxygen atoms in total. The summed E-state index contributed by atoms with van der Waals surface area (Å²) in [5, 5.41) is 1.30. The summed E-state index contributed by atoms with van der Waals surface area (Å²) in [4.78, 5) is 8.73. The van der Waals surface area contributed by atoms with Gasteiger partial charge in [-0.25, -0.2) is 9.56 Å². The Morgan fingerprint density at radius 3 is 2.23 bits per heavy atom. The first kappa shape index (κ1) is 18.8. The lowest BCUT2D eigenvalue weighted by atomic mass is 10.1. The molecule has 1 aromatic carbocycles. The van der Waals surface area contributed by atoms with Crippen molar-refractivity contribution in [1.82, 2.24) is 9.56 Å². The molecule has 1 heterocycles. The van der Waals surface area contributed by atoms with Gasteiger partial charge in [0.2, 0.25) is 5.36 Å². The Labute approximate surface area is 161 Å². The second-order valence-corrected chi connectivity index (χ2v) is 7.86. The van der Waals surface area contributed by atoms with Crippen LogP contribution in [0.5, 0.6) is 0 Å². The third kappa shape index (κ3) is 3.35. The van der Waals surface area contributed by atoms with Crippen molar-refractivity contribution in [3.63, 3.8) is 0 Å². The van der Waals surface area contributed by atoms with Gasteiger partial charge in [-0.2, -0.15) is 0 Å². The largest absolute Gasteiger partial charge is 0.372 e. The average Bonchev–Trinajstić information content (AvgIpc) is 2.63. The summed E-state index contributed by atoms with van der Waals surface area (Å²) in [6.07, 6.45) is 0. The first-order valence-corrected chi connectivity index (χ1v) is 10.5. The van der Waals surface area contributed by atoms with Gasteiger partial charge in [-0.05, 0) is 64.8 Å². The van der Waals surface area contributed by atoms with E-state index in [4.69, 9.17) is 4.98 Å². The van der Waals surface area contributed by atoms with E-state index in [2.05, 4.69) is 75.3 Å². The number of benzene rings is 2. The van der Waals surface area contributed by atoms with Crippen molar-refractivity contribution >= 4 is 27.2 Å². The molecule has 0 fully saturated rings. The topological polar surface area (TPSA) is 19.1 Å². The van der Waals surface area contributed by atoms with Crippen LogP contribution in [0.15, 0.2) is 24.3 Å². The lowest BCUT2D eigenvalue weighted by Gasteiger charge is -2.22. The molecule has 0 N–H and O–H groups in total. The number of nitrogens with zero attached hydrogens (tertiary/aromatic N) is 3. The molecule has 1 aliphatic carbocycles. The van der Waals surface area contributed by atoms with Crippen molar-refractivity contribution in [2.24, 2.45) is 0 Å². The Bertz CT molecular complexity index is 961. The minimum atomic E-state index is 1.03. The number of hydrogen-bond donors (Lipinski definition) is 0. The van der Waals surface area contributed by atoms with E-state index in [0.717, 1.165) is 37.4 Å². The number of anilines is 1. The minimum Gasteiger partial charge on any atom is -0.372 e. The molecule has 138 valence electrons.